The molecule has 1 aromatic rings. The van der Waals surface area contributed by atoms with Gasteiger partial charge in [0, 0.05) is 6.54 Å². The van der Waals surface area contributed by atoms with Gasteiger partial charge in [0.25, 0.3) is 0 Å². The molecule has 0 aromatic carbocycles. The molecule has 6 heteroatoms. The van der Waals surface area contributed by atoms with Gasteiger partial charge in [-0.15, -0.1) is 11.6 Å². The maximum atomic E-state index is 11.9. The van der Waals surface area contributed by atoms with Crippen molar-refractivity contribution in [2.75, 3.05) is 12.4 Å². The number of carbonyl (C=O) groups is 1. The van der Waals surface area contributed by atoms with Gasteiger partial charge in [-0.3, -0.25) is 4.79 Å². The van der Waals surface area contributed by atoms with Gasteiger partial charge in [0.1, 0.15) is 11.6 Å². The van der Waals surface area contributed by atoms with Crippen molar-refractivity contribution in [2.45, 2.75) is 46.7 Å². The summed E-state index contributed by atoms with van der Waals surface area (Å²) < 4.78 is 0. The molecule has 108 valence electrons. The van der Waals surface area contributed by atoms with Gasteiger partial charge in [0.15, 0.2) is 0 Å². The predicted octanol–water partition coefficient (Wildman–Crippen LogP) is 2.30. The van der Waals surface area contributed by atoms with Crippen LogP contribution >= 0.6 is 11.6 Å². The number of aryl methyl sites for hydroxylation is 1. The Morgan fingerprint density at radius 1 is 1.42 bits per heavy atom. The summed E-state index contributed by atoms with van der Waals surface area (Å²) in [6.07, 6.45) is 3.83. The summed E-state index contributed by atoms with van der Waals surface area (Å²) in [6, 6.07) is 0. The maximum absolute atomic E-state index is 11.9. The third-order valence-electron chi connectivity index (χ3n) is 3.32. The fourth-order valence-electron chi connectivity index (χ4n) is 1.95. The first kappa shape index (κ1) is 16.0. The Hall–Kier alpha value is -1.10. The number of nitrogens with zero attached hydrogens (tertiary/aromatic N) is 4. The zero-order valence-electron chi connectivity index (χ0n) is 12.0. The molecule has 0 aliphatic rings. The molecule has 0 radical (unpaired) electrons. The van der Waals surface area contributed by atoms with Gasteiger partial charge in [-0.2, -0.15) is 15.0 Å². The largest absolute Gasteiger partial charge is 0.335 e. The van der Waals surface area contributed by atoms with Crippen molar-refractivity contribution in [3.05, 3.63) is 11.9 Å². The van der Waals surface area contributed by atoms with E-state index in [4.69, 9.17) is 11.6 Å². The Balaban J connectivity index is 2.71. The molecule has 1 amide bonds. The molecule has 19 heavy (non-hydrogen) atoms. The highest BCUT2D eigenvalue weighted by Crippen LogP contribution is 2.12. The van der Waals surface area contributed by atoms with Crippen molar-refractivity contribution in [2.24, 2.45) is 5.92 Å². The number of aromatic nitrogens is 3. The molecule has 1 heterocycles. The molecule has 0 unspecified atom stereocenters. The van der Waals surface area contributed by atoms with Crippen LogP contribution in [0.1, 0.15) is 39.3 Å². The first-order valence-corrected chi connectivity index (χ1v) is 7.40. The average molecular weight is 287 g/mol. The lowest BCUT2D eigenvalue weighted by Gasteiger charge is -2.25. The molecule has 0 aliphatic carbocycles. The molecule has 0 N–H and O–H groups in total. The first-order valence-electron chi connectivity index (χ1n) is 6.87. The second-order valence-electron chi connectivity index (χ2n) is 4.61. The number of amides is 1. The molecule has 0 fully saturated rings. The van der Waals surface area contributed by atoms with E-state index in [9.17, 15) is 4.79 Å². The number of halogens is 1. The van der Waals surface area contributed by atoms with E-state index < -0.39 is 0 Å². The number of rotatable bonds is 8. The Morgan fingerprint density at radius 3 is 2.58 bits per heavy atom. The normalized spacial score (nSPS) is 11.0. The zero-order valence-corrected chi connectivity index (χ0v) is 12.7. The van der Waals surface area contributed by atoms with E-state index >= 15 is 0 Å². The van der Waals surface area contributed by atoms with E-state index in [1.807, 2.05) is 6.92 Å². The Morgan fingerprint density at radius 2 is 2.11 bits per heavy atom. The van der Waals surface area contributed by atoms with Crippen LogP contribution in [-0.4, -0.2) is 38.2 Å². The second kappa shape index (κ2) is 8.15. The molecular weight excluding hydrogens is 264 g/mol. The van der Waals surface area contributed by atoms with Crippen LogP contribution in [0, 0.1) is 5.92 Å². The third kappa shape index (κ3) is 4.82. The summed E-state index contributed by atoms with van der Waals surface area (Å²) in [4.78, 5) is 15.3. The van der Waals surface area contributed by atoms with E-state index in [2.05, 4.69) is 24.0 Å². The van der Waals surface area contributed by atoms with Crippen LogP contribution in [0.4, 0.5) is 0 Å². The molecule has 1 aromatic heterocycles. The quantitative estimate of drug-likeness (QED) is 0.689. The molecule has 1 rings (SSSR count). The van der Waals surface area contributed by atoms with E-state index in [0.29, 0.717) is 12.5 Å². The standard InChI is InChI=1S/C13H23ClN4O/c1-4-11(5-2)9-17(13(19)7-14)10-12-8-15-18(6-3)16-12/h8,11H,4-7,9-10H2,1-3H3. The summed E-state index contributed by atoms with van der Waals surface area (Å²) in [6.45, 7) is 8.22. The average Bonchev–Trinajstić information content (AvgIpc) is 2.90. The Bertz CT molecular complexity index is 390. The van der Waals surface area contributed by atoms with Gasteiger partial charge in [-0.05, 0) is 12.8 Å². The van der Waals surface area contributed by atoms with Gasteiger partial charge in [0.05, 0.1) is 19.3 Å². The minimum atomic E-state index is -0.0420. The van der Waals surface area contributed by atoms with Crippen LogP contribution in [0.5, 0.6) is 0 Å². The summed E-state index contributed by atoms with van der Waals surface area (Å²) in [7, 11) is 0. The van der Waals surface area contributed by atoms with Crippen molar-refractivity contribution in [3.8, 4) is 0 Å². The number of hydrogen-bond donors (Lipinski definition) is 0. The highest BCUT2D eigenvalue weighted by atomic mass is 35.5. The van der Waals surface area contributed by atoms with Gasteiger partial charge in [-0.25, -0.2) is 0 Å². The van der Waals surface area contributed by atoms with Crippen molar-refractivity contribution >= 4 is 17.5 Å². The van der Waals surface area contributed by atoms with Crippen molar-refractivity contribution < 1.29 is 4.79 Å². The fourth-order valence-corrected chi connectivity index (χ4v) is 2.12. The minimum absolute atomic E-state index is 0.0159. The summed E-state index contributed by atoms with van der Waals surface area (Å²) in [5, 5.41) is 8.44. The van der Waals surface area contributed by atoms with E-state index in [1.54, 1.807) is 15.9 Å². The highest BCUT2D eigenvalue weighted by molar-refractivity contribution is 6.27. The number of alkyl halides is 1. The number of carbonyl (C=O) groups excluding carboxylic acids is 1. The minimum Gasteiger partial charge on any atom is -0.335 e. The topological polar surface area (TPSA) is 51.0 Å². The lowest BCUT2D eigenvalue weighted by Crippen LogP contribution is -2.35. The molecule has 0 spiro atoms. The Labute approximate surface area is 119 Å². The lowest BCUT2D eigenvalue weighted by atomic mass is 10.0. The van der Waals surface area contributed by atoms with E-state index in [-0.39, 0.29) is 11.8 Å². The SMILES string of the molecule is CCC(CC)CN(Cc1cnn(CC)n1)C(=O)CCl. The summed E-state index contributed by atoms with van der Waals surface area (Å²) in [5.41, 5.74) is 0.811. The molecule has 5 nitrogen and oxygen atoms in total. The van der Waals surface area contributed by atoms with Crippen LogP contribution in [0.15, 0.2) is 6.20 Å². The monoisotopic (exact) mass is 286 g/mol. The molecule has 0 bridgehead atoms. The first-order chi connectivity index (χ1) is 9.14. The molecule has 0 aliphatic heterocycles. The molecule has 0 saturated carbocycles. The highest BCUT2D eigenvalue weighted by Gasteiger charge is 2.18. The lowest BCUT2D eigenvalue weighted by molar-refractivity contribution is -0.129. The molecule has 0 atom stereocenters. The van der Waals surface area contributed by atoms with Crippen LogP contribution in [0.2, 0.25) is 0 Å². The molecule has 0 saturated heterocycles. The van der Waals surface area contributed by atoms with Crippen LogP contribution in [0.25, 0.3) is 0 Å². The van der Waals surface area contributed by atoms with E-state index in [0.717, 1.165) is 31.6 Å². The number of hydrogen-bond acceptors (Lipinski definition) is 3. The van der Waals surface area contributed by atoms with Crippen molar-refractivity contribution in [1.29, 1.82) is 0 Å². The van der Waals surface area contributed by atoms with Crippen molar-refractivity contribution in [3.63, 3.8) is 0 Å². The maximum Gasteiger partial charge on any atom is 0.237 e. The van der Waals surface area contributed by atoms with Crippen LogP contribution in [-0.2, 0) is 17.9 Å². The van der Waals surface area contributed by atoms with E-state index in [1.165, 1.54) is 0 Å². The Kier molecular flexibility index (Phi) is 6.84. The zero-order chi connectivity index (χ0) is 14.3. The van der Waals surface area contributed by atoms with Crippen LogP contribution < -0.4 is 0 Å². The predicted molar refractivity (Wildman–Crippen MR) is 75.9 cm³/mol. The van der Waals surface area contributed by atoms with Crippen LogP contribution in [0.3, 0.4) is 0 Å². The van der Waals surface area contributed by atoms with Gasteiger partial charge in [0.2, 0.25) is 5.91 Å². The summed E-state index contributed by atoms with van der Waals surface area (Å²) >= 11 is 5.68. The third-order valence-corrected chi connectivity index (χ3v) is 3.55. The van der Waals surface area contributed by atoms with Gasteiger partial charge < -0.3 is 4.90 Å². The van der Waals surface area contributed by atoms with Crippen molar-refractivity contribution in [1.82, 2.24) is 19.9 Å². The second-order valence-corrected chi connectivity index (χ2v) is 4.88. The summed E-state index contributed by atoms with van der Waals surface area (Å²) in [5.74, 6) is 0.482. The van der Waals surface area contributed by atoms with Gasteiger partial charge in [-0.1, -0.05) is 26.7 Å². The fraction of sp³-hybridized carbons (Fsp3) is 0.769. The molecular formula is C13H23ClN4O. The van der Waals surface area contributed by atoms with Gasteiger partial charge >= 0.3 is 0 Å². The smallest absolute Gasteiger partial charge is 0.237 e.